The van der Waals surface area contributed by atoms with Crippen LogP contribution in [-0.4, -0.2) is 88.8 Å². The molecule has 0 spiro atoms. The van der Waals surface area contributed by atoms with Crippen LogP contribution < -0.4 is 5.32 Å². The van der Waals surface area contributed by atoms with E-state index in [-0.39, 0.29) is 64.2 Å². The van der Waals surface area contributed by atoms with Gasteiger partial charge in [-0.1, -0.05) is 24.6 Å². The van der Waals surface area contributed by atoms with Gasteiger partial charge in [0.05, 0.1) is 32.5 Å². The smallest absolute Gasteiger partial charge is 0.333 e. The van der Waals surface area contributed by atoms with Crippen LogP contribution >= 0.6 is 0 Å². The molecule has 327 valence electrons. The molecule has 7 aromatic rings. The maximum atomic E-state index is 13.1. The zero-order valence-electron chi connectivity index (χ0n) is 33.4. The summed E-state index contributed by atoms with van der Waals surface area (Å²) in [6.07, 6.45) is 10.8. The molecule has 3 aromatic carbocycles. The Hall–Kier alpha value is -6.79. The van der Waals surface area contributed by atoms with Crippen LogP contribution in [-0.2, 0) is 54.2 Å². The number of unbranched alkanes of at least 4 members (excludes halogenated alkanes) is 2. The van der Waals surface area contributed by atoms with Gasteiger partial charge in [-0.15, -0.1) is 17.2 Å². The SMILES string of the molecule is O=C(CCCCCC(=O)C(CS(=O)(=O)[O-])NC(=O)c1ccnc2c1ccc1cccnc12)ON1C(=O)CCC1=O.[Ir].[c-]1ccccc1-n1cccn1.[c-]1ccccc1-n1cccn1. The summed E-state index contributed by atoms with van der Waals surface area (Å²) in [4.78, 5) is 74.2. The van der Waals surface area contributed by atoms with Gasteiger partial charge in [-0.3, -0.25) is 38.5 Å². The Morgan fingerprint density at radius 2 is 1.35 bits per heavy atom. The number of carbonyl (C=O) groups is 5. The number of hydroxylamine groups is 2. The minimum Gasteiger partial charge on any atom is -0.748 e. The molecule has 3 amide bonds. The van der Waals surface area contributed by atoms with Crippen LogP contribution in [0.3, 0.4) is 0 Å². The van der Waals surface area contributed by atoms with Crippen molar-refractivity contribution in [2.45, 2.75) is 51.0 Å². The molecular formula is C44H39IrN8O9S-3. The average Bonchev–Trinajstić information content (AvgIpc) is 4.09. The molecule has 1 N–H and O–H groups in total. The van der Waals surface area contributed by atoms with E-state index in [4.69, 9.17) is 4.84 Å². The fraction of sp³-hybridized carbons (Fsp3) is 0.205. The Kier molecular flexibility index (Phi) is 17.2. The van der Waals surface area contributed by atoms with Crippen molar-refractivity contribution in [3.05, 3.63) is 146 Å². The van der Waals surface area contributed by atoms with Gasteiger partial charge in [0.15, 0.2) is 5.78 Å². The van der Waals surface area contributed by atoms with Crippen LogP contribution in [0.2, 0.25) is 0 Å². The van der Waals surface area contributed by atoms with E-state index in [1.807, 2.05) is 79.1 Å². The first-order valence-corrected chi connectivity index (χ1v) is 20.9. The van der Waals surface area contributed by atoms with Crippen LogP contribution in [0.15, 0.2) is 128 Å². The molecule has 1 unspecified atom stereocenters. The third kappa shape index (κ3) is 13.6. The third-order valence-corrected chi connectivity index (χ3v) is 9.92. The molecule has 1 atom stereocenters. The number of ketones is 1. The van der Waals surface area contributed by atoms with Gasteiger partial charge >= 0.3 is 5.97 Å². The van der Waals surface area contributed by atoms with Crippen molar-refractivity contribution in [2.75, 3.05) is 5.75 Å². The number of rotatable bonds is 14. The molecule has 19 heteroatoms. The average molecular weight is 1050 g/mol. The summed E-state index contributed by atoms with van der Waals surface area (Å²) in [5.74, 6) is -4.47. The van der Waals surface area contributed by atoms with Crippen molar-refractivity contribution < 1.29 is 61.9 Å². The number of Topliss-reactive ketones (excluding diaryl/α,β-unsaturated/α-hetero) is 1. The summed E-state index contributed by atoms with van der Waals surface area (Å²) in [6.45, 7) is 0. The number of nitrogens with zero attached hydrogens (tertiary/aromatic N) is 7. The van der Waals surface area contributed by atoms with E-state index in [2.05, 4.69) is 37.6 Å². The summed E-state index contributed by atoms with van der Waals surface area (Å²) in [5, 5.41) is 12.2. The monoisotopic (exact) mass is 1050 g/mol. The molecule has 1 fully saturated rings. The van der Waals surface area contributed by atoms with Gasteiger partial charge < -0.3 is 14.7 Å². The molecular weight excluding hydrogens is 1010 g/mol. The van der Waals surface area contributed by atoms with Crippen molar-refractivity contribution in [1.29, 1.82) is 0 Å². The Morgan fingerprint density at radius 3 is 1.92 bits per heavy atom. The number of benzene rings is 3. The predicted octanol–water partition coefficient (Wildman–Crippen LogP) is 4.90. The van der Waals surface area contributed by atoms with E-state index >= 15 is 0 Å². The molecule has 5 heterocycles. The third-order valence-electron chi connectivity index (χ3n) is 9.18. The van der Waals surface area contributed by atoms with E-state index in [1.54, 1.807) is 46.2 Å². The maximum absolute atomic E-state index is 13.1. The van der Waals surface area contributed by atoms with Gasteiger partial charge in [0.1, 0.15) is 6.04 Å². The molecule has 17 nitrogen and oxygen atoms in total. The molecule has 0 saturated carbocycles. The number of amides is 3. The molecule has 0 aliphatic carbocycles. The summed E-state index contributed by atoms with van der Waals surface area (Å²) in [6, 6.07) is 32.3. The van der Waals surface area contributed by atoms with Gasteiger partial charge in [-0.2, -0.15) is 58.7 Å². The Labute approximate surface area is 375 Å². The normalized spacial score (nSPS) is 12.6. The second-order valence-corrected chi connectivity index (χ2v) is 15.1. The van der Waals surface area contributed by atoms with Crippen molar-refractivity contribution in [1.82, 2.24) is 39.9 Å². The first-order valence-electron chi connectivity index (χ1n) is 19.4. The zero-order valence-corrected chi connectivity index (χ0v) is 36.6. The minimum atomic E-state index is -4.86. The Morgan fingerprint density at radius 1 is 0.730 bits per heavy atom. The molecule has 4 aromatic heterocycles. The van der Waals surface area contributed by atoms with E-state index in [1.165, 1.54) is 12.3 Å². The topological polar surface area (TPSA) is 228 Å². The molecule has 63 heavy (non-hydrogen) atoms. The summed E-state index contributed by atoms with van der Waals surface area (Å²) < 4.78 is 38.0. The Balaban J connectivity index is 0.000000260. The zero-order chi connectivity index (χ0) is 43.9. The van der Waals surface area contributed by atoms with Gasteiger partial charge in [-0.25, -0.2) is 13.2 Å². The number of para-hydroxylation sites is 2. The van der Waals surface area contributed by atoms with Crippen LogP contribution in [0.5, 0.6) is 0 Å². The second kappa shape index (κ2) is 22.9. The molecule has 1 aliphatic rings. The molecule has 8 rings (SSSR count). The number of aromatic nitrogens is 6. The number of imide groups is 1. The first-order chi connectivity index (χ1) is 30.0. The van der Waals surface area contributed by atoms with Crippen molar-refractivity contribution in [2.24, 2.45) is 0 Å². The molecule has 1 saturated heterocycles. The summed E-state index contributed by atoms with van der Waals surface area (Å²) >= 11 is 0. The molecule has 1 aliphatic heterocycles. The van der Waals surface area contributed by atoms with Crippen LogP contribution in [0, 0.1) is 12.1 Å². The number of fused-ring (bicyclic) bond motifs is 3. The molecule has 1 radical (unpaired) electrons. The van der Waals surface area contributed by atoms with Crippen molar-refractivity contribution >= 4 is 61.4 Å². The second-order valence-electron chi connectivity index (χ2n) is 13.6. The number of pyridine rings is 2. The largest absolute Gasteiger partial charge is 0.748 e. The van der Waals surface area contributed by atoms with E-state index < -0.39 is 51.4 Å². The minimum absolute atomic E-state index is 0. The van der Waals surface area contributed by atoms with Gasteiger partial charge in [-0.05, 0) is 48.5 Å². The number of hydrogen-bond acceptors (Lipinski definition) is 13. The van der Waals surface area contributed by atoms with Crippen LogP contribution in [0.4, 0.5) is 0 Å². The standard InChI is InChI=1S/C26H26N4O9S.2C9H7N2.Ir/c31-20(6-2-1-3-7-23(34)39-30-21(32)10-11-22(30)33)19(15-40(36,37)38)29-26(35)18-12-14-28-25-17(18)9-8-16-5-4-13-27-24(16)25;2*1-2-5-9(6-3-1)11-8-4-7-10-11;/h4-5,8-9,12-14,19H,1-3,6-7,10-11,15H2,(H,29,35)(H,36,37,38);2*1-5,7-8H;/q;2*-1;/p-1. The van der Waals surface area contributed by atoms with E-state index in [0.717, 1.165) is 16.8 Å². The van der Waals surface area contributed by atoms with E-state index in [9.17, 15) is 36.9 Å². The first kappa shape index (κ1) is 47.3. The van der Waals surface area contributed by atoms with Crippen molar-refractivity contribution in [3.8, 4) is 11.4 Å². The van der Waals surface area contributed by atoms with Gasteiger partial charge in [0, 0.05) is 93.7 Å². The van der Waals surface area contributed by atoms with Crippen molar-refractivity contribution in [3.63, 3.8) is 0 Å². The number of carbonyl (C=O) groups excluding carboxylic acids is 5. The maximum Gasteiger partial charge on any atom is 0.333 e. The van der Waals surface area contributed by atoms with E-state index in [0.29, 0.717) is 27.9 Å². The summed E-state index contributed by atoms with van der Waals surface area (Å²) in [5.41, 5.74) is 3.08. The predicted molar refractivity (Wildman–Crippen MR) is 223 cm³/mol. The number of nitrogens with one attached hydrogen (secondary N) is 1. The fourth-order valence-electron chi connectivity index (χ4n) is 6.21. The summed E-state index contributed by atoms with van der Waals surface area (Å²) in [7, 11) is -4.86. The number of hydrogen-bond donors (Lipinski definition) is 1. The van der Waals surface area contributed by atoms with Gasteiger partial charge in [0.25, 0.3) is 17.7 Å². The quantitative estimate of drug-likeness (QED) is 0.0504. The van der Waals surface area contributed by atoms with Crippen LogP contribution in [0.1, 0.15) is 55.3 Å². The fourth-order valence-corrected chi connectivity index (χ4v) is 6.88. The Bertz CT molecular complexity index is 2660. The molecule has 0 bridgehead atoms. The van der Waals surface area contributed by atoms with Crippen LogP contribution in [0.25, 0.3) is 33.2 Å². The van der Waals surface area contributed by atoms with Gasteiger partial charge in [0.2, 0.25) is 0 Å².